The minimum Gasteiger partial charge on any atom is -0.399 e. The van der Waals surface area contributed by atoms with E-state index in [9.17, 15) is 22.4 Å². The third-order valence-corrected chi connectivity index (χ3v) is 2.99. The Balaban J connectivity index is 0.000000313. The van der Waals surface area contributed by atoms with Crippen LogP contribution in [-0.4, -0.2) is 11.2 Å². The SMILES string of the molecule is Nc1ccccc1.O=C(CBr)Nc1ccc(F)cc1C(F)(F)F. The number of hydrogen-bond donors (Lipinski definition) is 2. The van der Waals surface area contributed by atoms with Crippen molar-refractivity contribution in [2.24, 2.45) is 0 Å². The maximum atomic E-state index is 12.7. The van der Waals surface area contributed by atoms with Crippen LogP contribution in [0.4, 0.5) is 28.9 Å². The van der Waals surface area contributed by atoms with Crippen LogP contribution >= 0.6 is 15.9 Å². The van der Waals surface area contributed by atoms with Gasteiger partial charge in [-0.05, 0) is 30.3 Å². The van der Waals surface area contributed by atoms with Crippen LogP contribution in [-0.2, 0) is 11.0 Å². The van der Waals surface area contributed by atoms with Crippen molar-refractivity contribution in [2.75, 3.05) is 16.4 Å². The number of halogens is 5. The third-order valence-electron chi connectivity index (χ3n) is 2.48. The molecule has 1 amide bonds. The van der Waals surface area contributed by atoms with Gasteiger partial charge in [-0.25, -0.2) is 4.39 Å². The molecule has 2 aromatic carbocycles. The highest BCUT2D eigenvalue weighted by molar-refractivity contribution is 9.09. The summed E-state index contributed by atoms with van der Waals surface area (Å²) in [5.74, 6) is -1.65. The third kappa shape index (κ3) is 6.68. The molecule has 0 radical (unpaired) electrons. The summed E-state index contributed by atoms with van der Waals surface area (Å²) >= 11 is 2.79. The largest absolute Gasteiger partial charge is 0.418 e. The van der Waals surface area contributed by atoms with Gasteiger partial charge in [-0.2, -0.15) is 13.2 Å². The highest BCUT2D eigenvalue weighted by Crippen LogP contribution is 2.35. The molecule has 0 saturated carbocycles. The second-order valence-corrected chi connectivity index (χ2v) is 4.84. The molecule has 2 rings (SSSR count). The van der Waals surface area contributed by atoms with E-state index in [1.807, 2.05) is 35.6 Å². The molecule has 0 atom stereocenters. The minimum atomic E-state index is -4.71. The van der Waals surface area contributed by atoms with Gasteiger partial charge in [0.1, 0.15) is 5.82 Å². The molecule has 0 bridgehead atoms. The van der Waals surface area contributed by atoms with Gasteiger partial charge in [-0.15, -0.1) is 0 Å². The van der Waals surface area contributed by atoms with E-state index in [0.717, 1.165) is 17.8 Å². The van der Waals surface area contributed by atoms with Crippen molar-refractivity contribution in [1.29, 1.82) is 0 Å². The van der Waals surface area contributed by atoms with E-state index in [1.165, 1.54) is 0 Å². The van der Waals surface area contributed by atoms with Gasteiger partial charge in [0.05, 0.1) is 16.6 Å². The van der Waals surface area contributed by atoms with Crippen molar-refractivity contribution in [3.8, 4) is 0 Å². The summed E-state index contributed by atoms with van der Waals surface area (Å²) in [6.07, 6.45) is -4.71. The molecule has 0 aromatic heterocycles. The van der Waals surface area contributed by atoms with Crippen LogP contribution in [0.3, 0.4) is 0 Å². The number of alkyl halides is 4. The van der Waals surface area contributed by atoms with Gasteiger partial charge in [-0.1, -0.05) is 34.1 Å². The van der Waals surface area contributed by atoms with Crippen LogP contribution in [0.15, 0.2) is 48.5 Å². The number of amides is 1. The highest BCUT2D eigenvalue weighted by Gasteiger charge is 2.34. The molecule has 3 N–H and O–H groups in total. The van der Waals surface area contributed by atoms with Crippen molar-refractivity contribution in [2.45, 2.75) is 6.18 Å². The van der Waals surface area contributed by atoms with Gasteiger partial charge >= 0.3 is 6.18 Å². The van der Waals surface area contributed by atoms with E-state index in [4.69, 9.17) is 5.73 Å². The summed E-state index contributed by atoms with van der Waals surface area (Å²) in [5, 5.41) is 1.88. The van der Waals surface area contributed by atoms with Crippen molar-refractivity contribution in [3.05, 3.63) is 59.9 Å². The van der Waals surface area contributed by atoms with Crippen LogP contribution in [0.1, 0.15) is 5.56 Å². The lowest BCUT2D eigenvalue weighted by atomic mass is 10.1. The first kappa shape index (κ1) is 19.0. The fourth-order valence-corrected chi connectivity index (χ4v) is 1.64. The molecule has 23 heavy (non-hydrogen) atoms. The average Bonchev–Trinajstić information content (AvgIpc) is 2.49. The van der Waals surface area contributed by atoms with E-state index in [-0.39, 0.29) is 5.33 Å². The maximum absolute atomic E-state index is 12.7. The van der Waals surface area contributed by atoms with E-state index < -0.39 is 29.2 Å². The standard InChI is InChI=1S/C9H6BrF4NO.C6H7N/c10-4-8(16)15-7-2-1-5(11)3-6(7)9(12,13)14;7-6-4-2-1-3-5-6/h1-3H,4H2,(H,15,16);1-5H,7H2. The van der Waals surface area contributed by atoms with Crippen molar-refractivity contribution in [1.82, 2.24) is 0 Å². The average molecular weight is 393 g/mol. The summed E-state index contributed by atoms with van der Waals surface area (Å²) in [6, 6.07) is 11.5. The number of carbonyl (C=O) groups is 1. The van der Waals surface area contributed by atoms with Crippen molar-refractivity contribution < 1.29 is 22.4 Å². The monoisotopic (exact) mass is 392 g/mol. The molecule has 124 valence electrons. The van der Waals surface area contributed by atoms with Crippen molar-refractivity contribution in [3.63, 3.8) is 0 Å². The van der Waals surface area contributed by atoms with Crippen LogP contribution in [0.25, 0.3) is 0 Å². The lowest BCUT2D eigenvalue weighted by Crippen LogP contribution is -2.17. The Morgan fingerprint density at radius 2 is 1.74 bits per heavy atom. The number of benzene rings is 2. The number of nitrogens with two attached hydrogens (primary N) is 1. The molecule has 0 aliphatic rings. The molecule has 0 heterocycles. The molecule has 0 spiro atoms. The van der Waals surface area contributed by atoms with Gasteiger partial charge in [0, 0.05) is 5.69 Å². The lowest BCUT2D eigenvalue weighted by molar-refractivity contribution is -0.137. The molecule has 0 unspecified atom stereocenters. The number of anilines is 2. The molecule has 2 aromatic rings. The molecule has 0 aliphatic heterocycles. The second-order valence-electron chi connectivity index (χ2n) is 4.28. The molecular weight excluding hydrogens is 380 g/mol. The van der Waals surface area contributed by atoms with E-state index in [2.05, 4.69) is 15.9 Å². The Morgan fingerprint density at radius 1 is 1.13 bits per heavy atom. The Hall–Kier alpha value is -2.09. The topological polar surface area (TPSA) is 55.1 Å². The first-order chi connectivity index (χ1) is 10.7. The van der Waals surface area contributed by atoms with Crippen LogP contribution in [0, 0.1) is 5.82 Å². The molecule has 3 nitrogen and oxygen atoms in total. The molecule has 0 fully saturated rings. The normalized spacial score (nSPS) is 10.5. The van der Waals surface area contributed by atoms with E-state index in [0.29, 0.717) is 6.07 Å². The summed E-state index contributed by atoms with van der Waals surface area (Å²) in [7, 11) is 0. The zero-order valence-electron chi connectivity index (χ0n) is 11.7. The van der Waals surface area contributed by atoms with E-state index in [1.54, 1.807) is 0 Å². The molecule has 8 heteroatoms. The fourth-order valence-electron chi connectivity index (χ4n) is 1.50. The zero-order valence-corrected chi connectivity index (χ0v) is 13.3. The number of hydrogen-bond acceptors (Lipinski definition) is 2. The first-order valence-electron chi connectivity index (χ1n) is 6.27. The smallest absolute Gasteiger partial charge is 0.399 e. The van der Waals surface area contributed by atoms with Crippen LogP contribution in [0.5, 0.6) is 0 Å². The van der Waals surface area contributed by atoms with Gasteiger partial charge in [-0.3, -0.25) is 4.79 Å². The minimum absolute atomic E-state index is 0.137. The Labute approximate surface area is 138 Å². The van der Waals surface area contributed by atoms with Gasteiger partial charge in [0.25, 0.3) is 0 Å². The van der Waals surface area contributed by atoms with E-state index >= 15 is 0 Å². The highest BCUT2D eigenvalue weighted by atomic mass is 79.9. The maximum Gasteiger partial charge on any atom is 0.418 e. The summed E-state index contributed by atoms with van der Waals surface area (Å²) in [6.45, 7) is 0. The second kappa shape index (κ2) is 8.52. The summed E-state index contributed by atoms with van der Waals surface area (Å²) < 4.78 is 50.0. The Kier molecular flexibility index (Phi) is 7.02. The molecular formula is C15H13BrF4N2O. The number of para-hydroxylation sites is 1. The van der Waals surface area contributed by atoms with Gasteiger partial charge < -0.3 is 11.1 Å². The van der Waals surface area contributed by atoms with Gasteiger partial charge in [0.15, 0.2) is 0 Å². The number of rotatable bonds is 2. The Bertz CT molecular complexity index is 648. The number of nitrogen functional groups attached to an aromatic ring is 1. The van der Waals surface area contributed by atoms with Gasteiger partial charge in [0.2, 0.25) is 5.91 Å². The zero-order chi connectivity index (χ0) is 17.5. The predicted octanol–water partition coefficient (Wildman–Crippen LogP) is 4.45. The van der Waals surface area contributed by atoms with Crippen LogP contribution in [0.2, 0.25) is 0 Å². The van der Waals surface area contributed by atoms with Crippen LogP contribution < -0.4 is 11.1 Å². The quantitative estimate of drug-likeness (QED) is 0.450. The van der Waals surface area contributed by atoms with Crippen molar-refractivity contribution >= 4 is 33.2 Å². The molecule has 0 aliphatic carbocycles. The first-order valence-corrected chi connectivity index (χ1v) is 7.39. The number of carbonyl (C=O) groups excluding carboxylic acids is 1. The number of nitrogens with one attached hydrogen (secondary N) is 1. The summed E-state index contributed by atoms with van der Waals surface area (Å²) in [4.78, 5) is 10.9. The summed E-state index contributed by atoms with van der Waals surface area (Å²) in [5.41, 5.74) is 4.51. The molecule has 0 saturated heterocycles. The predicted molar refractivity (Wildman–Crippen MR) is 84.7 cm³/mol. The lowest BCUT2D eigenvalue weighted by Gasteiger charge is -2.13. The fraction of sp³-hybridized carbons (Fsp3) is 0.133. The Morgan fingerprint density at radius 3 is 2.17 bits per heavy atom.